The van der Waals surface area contributed by atoms with Crippen LogP contribution in [0.2, 0.25) is 0 Å². The number of aryl methyl sites for hydroxylation is 2. The number of carboxylic acids is 1. The van der Waals surface area contributed by atoms with Crippen LogP contribution < -0.4 is 5.32 Å². The molecule has 1 amide bonds. The number of fused-ring (bicyclic) bond motifs is 2. The van der Waals surface area contributed by atoms with Gasteiger partial charge in [0.15, 0.2) is 0 Å². The predicted octanol–water partition coefficient (Wildman–Crippen LogP) is 7.08. The molecule has 1 aliphatic rings. The lowest BCUT2D eigenvalue weighted by atomic mass is 9.93. The maximum Gasteiger partial charge on any atom is 0.331 e. The van der Waals surface area contributed by atoms with E-state index in [1.165, 1.54) is 30.7 Å². The lowest BCUT2D eigenvalue weighted by Crippen LogP contribution is -2.42. The van der Waals surface area contributed by atoms with Crippen LogP contribution >= 0.6 is 0 Å². The second-order valence-electron chi connectivity index (χ2n) is 12.4. The Balaban J connectivity index is 1.35. The first kappa shape index (κ1) is 29.3. The van der Waals surface area contributed by atoms with Crippen LogP contribution in [-0.4, -0.2) is 36.1 Å². The van der Waals surface area contributed by atoms with Gasteiger partial charge >= 0.3 is 5.97 Å². The normalized spacial score (nSPS) is 14.5. The highest BCUT2D eigenvalue weighted by Gasteiger charge is 2.31. The SMILES string of the molecule is C/C(=C\c1ccc2nc(C(C)(C)NC(=O)c3ccc4c(C5CCCC5)c(-c5ccc(F)cn5)n(C)c4c3)n(C)c2c1)C(=O)O. The van der Waals surface area contributed by atoms with Crippen molar-refractivity contribution in [3.63, 3.8) is 0 Å². The molecular formula is C35H36FN5O3. The van der Waals surface area contributed by atoms with Crippen molar-refractivity contribution in [3.8, 4) is 11.4 Å². The van der Waals surface area contributed by atoms with Crippen molar-refractivity contribution in [3.05, 3.63) is 88.6 Å². The quantitative estimate of drug-likeness (QED) is 0.197. The van der Waals surface area contributed by atoms with Gasteiger partial charge in [0.05, 0.1) is 34.2 Å². The van der Waals surface area contributed by atoms with E-state index < -0.39 is 11.5 Å². The maximum atomic E-state index is 13.7. The van der Waals surface area contributed by atoms with E-state index in [0.29, 0.717) is 17.3 Å². The number of nitrogens with zero attached hydrogens (tertiary/aromatic N) is 4. The number of imidazole rings is 1. The average molecular weight is 594 g/mol. The summed E-state index contributed by atoms with van der Waals surface area (Å²) in [4.78, 5) is 34.3. The lowest BCUT2D eigenvalue weighted by Gasteiger charge is -2.26. The van der Waals surface area contributed by atoms with Crippen LogP contribution in [-0.2, 0) is 24.4 Å². The van der Waals surface area contributed by atoms with Gasteiger partial charge in [-0.25, -0.2) is 14.2 Å². The van der Waals surface area contributed by atoms with Gasteiger partial charge in [-0.2, -0.15) is 0 Å². The maximum absolute atomic E-state index is 13.7. The second kappa shape index (κ2) is 11.0. The van der Waals surface area contributed by atoms with E-state index in [1.54, 1.807) is 19.1 Å². The summed E-state index contributed by atoms with van der Waals surface area (Å²) in [7, 11) is 3.87. The number of carboxylic acid groups (broad SMARTS) is 1. The van der Waals surface area contributed by atoms with Gasteiger partial charge in [-0.05, 0) is 93.1 Å². The summed E-state index contributed by atoms with van der Waals surface area (Å²) in [5, 5.41) is 13.5. The molecule has 0 bridgehead atoms. The third-order valence-electron chi connectivity index (χ3n) is 8.85. The monoisotopic (exact) mass is 593 g/mol. The highest BCUT2D eigenvalue weighted by molar-refractivity contribution is 6.01. The Hall–Kier alpha value is -4.79. The van der Waals surface area contributed by atoms with E-state index in [2.05, 4.69) is 14.9 Å². The molecule has 6 rings (SSSR count). The van der Waals surface area contributed by atoms with Gasteiger partial charge in [0.1, 0.15) is 11.6 Å². The molecule has 1 saturated carbocycles. The zero-order valence-corrected chi connectivity index (χ0v) is 25.6. The summed E-state index contributed by atoms with van der Waals surface area (Å²) in [5.41, 5.74) is 6.13. The molecule has 1 fully saturated rings. The molecule has 0 spiro atoms. The second-order valence-corrected chi connectivity index (χ2v) is 12.4. The standard InChI is InChI=1S/C35H36FN5O3/c1-20(33(43)44)16-21-10-14-26-29(17-21)41(5)34(38-26)35(2,3)39-32(42)23-11-13-25-28(18-23)40(4)31(27-15-12-24(36)19-37-27)30(25)22-8-6-7-9-22/h10-19,22H,6-9H2,1-5H3,(H,39,42)(H,43,44)/b20-16+. The number of aliphatic carboxylic acids is 1. The molecule has 1 aliphatic carbocycles. The Morgan fingerprint density at radius 1 is 1.02 bits per heavy atom. The van der Waals surface area contributed by atoms with E-state index >= 15 is 0 Å². The third kappa shape index (κ3) is 5.16. The first-order valence-corrected chi connectivity index (χ1v) is 14.9. The van der Waals surface area contributed by atoms with Crippen LogP contribution in [0.15, 0.2) is 60.3 Å². The molecule has 0 atom stereocenters. The molecule has 2 aromatic carbocycles. The summed E-state index contributed by atoms with van der Waals surface area (Å²) < 4.78 is 17.7. The van der Waals surface area contributed by atoms with Gasteiger partial charge in [0.2, 0.25) is 0 Å². The van der Waals surface area contributed by atoms with Gasteiger partial charge in [0, 0.05) is 36.1 Å². The minimum absolute atomic E-state index is 0.227. The number of pyridine rings is 1. The molecule has 2 N–H and O–H groups in total. The van der Waals surface area contributed by atoms with Crippen LogP contribution in [0.4, 0.5) is 4.39 Å². The minimum atomic E-state index is -0.966. The number of benzene rings is 2. The van der Waals surface area contributed by atoms with Gasteiger partial charge in [0.25, 0.3) is 5.91 Å². The number of carbonyl (C=O) groups excluding carboxylic acids is 1. The molecule has 0 saturated heterocycles. The van der Waals surface area contributed by atoms with Crippen molar-refractivity contribution in [1.29, 1.82) is 0 Å². The topological polar surface area (TPSA) is 102 Å². The number of nitrogens with one attached hydrogen (secondary N) is 1. The van der Waals surface area contributed by atoms with Gasteiger partial charge in [-0.15, -0.1) is 0 Å². The van der Waals surface area contributed by atoms with Crippen LogP contribution in [0, 0.1) is 5.82 Å². The van der Waals surface area contributed by atoms with Crippen LogP contribution in [0.5, 0.6) is 0 Å². The van der Waals surface area contributed by atoms with E-state index in [0.717, 1.165) is 51.7 Å². The van der Waals surface area contributed by atoms with Crippen molar-refractivity contribution in [2.45, 2.75) is 57.9 Å². The van der Waals surface area contributed by atoms with E-state index in [-0.39, 0.29) is 17.3 Å². The number of halogens is 1. The molecule has 8 nitrogen and oxygen atoms in total. The summed E-state index contributed by atoms with van der Waals surface area (Å²) in [5.74, 6) is -0.505. The highest BCUT2D eigenvalue weighted by atomic mass is 19.1. The van der Waals surface area contributed by atoms with Crippen LogP contribution in [0.25, 0.3) is 39.4 Å². The first-order valence-electron chi connectivity index (χ1n) is 14.9. The molecular weight excluding hydrogens is 557 g/mol. The van der Waals surface area contributed by atoms with Crippen LogP contribution in [0.1, 0.15) is 79.7 Å². The Bertz CT molecular complexity index is 1960. The van der Waals surface area contributed by atoms with Crippen molar-refractivity contribution in [2.24, 2.45) is 14.1 Å². The molecule has 0 radical (unpaired) electrons. The largest absolute Gasteiger partial charge is 0.478 e. The Morgan fingerprint density at radius 3 is 2.45 bits per heavy atom. The predicted molar refractivity (Wildman–Crippen MR) is 170 cm³/mol. The van der Waals surface area contributed by atoms with E-state index in [4.69, 9.17) is 4.98 Å². The fourth-order valence-electron chi connectivity index (χ4n) is 6.64. The number of amides is 1. The van der Waals surface area contributed by atoms with Crippen molar-refractivity contribution < 1.29 is 19.1 Å². The molecule has 44 heavy (non-hydrogen) atoms. The average Bonchev–Trinajstić information content (AvgIpc) is 3.70. The molecule has 0 unspecified atom stereocenters. The number of rotatable bonds is 7. The molecule has 9 heteroatoms. The first-order chi connectivity index (χ1) is 20.9. The highest BCUT2D eigenvalue weighted by Crippen LogP contribution is 2.44. The Kier molecular flexibility index (Phi) is 7.35. The molecule has 3 aromatic heterocycles. The number of carbonyl (C=O) groups is 2. The van der Waals surface area contributed by atoms with E-state index in [9.17, 15) is 19.1 Å². The summed E-state index contributed by atoms with van der Waals surface area (Å²) in [6, 6.07) is 14.6. The van der Waals surface area contributed by atoms with E-state index in [1.807, 2.05) is 68.9 Å². The van der Waals surface area contributed by atoms with Gasteiger partial charge in [-0.1, -0.05) is 25.0 Å². The Labute approximate surface area is 255 Å². The number of hydrogen-bond acceptors (Lipinski definition) is 4. The molecule has 3 heterocycles. The van der Waals surface area contributed by atoms with Crippen molar-refractivity contribution in [2.75, 3.05) is 0 Å². The number of hydrogen-bond donors (Lipinski definition) is 2. The van der Waals surface area contributed by atoms with Crippen molar-refractivity contribution in [1.82, 2.24) is 24.4 Å². The minimum Gasteiger partial charge on any atom is -0.478 e. The summed E-state index contributed by atoms with van der Waals surface area (Å²) >= 11 is 0. The number of aromatic nitrogens is 4. The summed E-state index contributed by atoms with van der Waals surface area (Å²) in [6.07, 6.45) is 7.42. The zero-order chi connectivity index (χ0) is 31.3. The summed E-state index contributed by atoms with van der Waals surface area (Å²) in [6.45, 7) is 5.39. The third-order valence-corrected chi connectivity index (χ3v) is 8.85. The van der Waals surface area contributed by atoms with Gasteiger partial charge in [-0.3, -0.25) is 9.78 Å². The fraction of sp³-hybridized carbons (Fsp3) is 0.314. The fourth-order valence-corrected chi connectivity index (χ4v) is 6.64. The smallest absolute Gasteiger partial charge is 0.331 e. The van der Waals surface area contributed by atoms with Crippen molar-refractivity contribution >= 4 is 39.9 Å². The lowest BCUT2D eigenvalue weighted by molar-refractivity contribution is -0.132. The molecule has 226 valence electrons. The Morgan fingerprint density at radius 2 is 1.77 bits per heavy atom. The molecule has 0 aliphatic heterocycles. The molecule has 5 aromatic rings. The van der Waals surface area contributed by atoms with Crippen LogP contribution in [0.3, 0.4) is 0 Å². The zero-order valence-electron chi connectivity index (χ0n) is 25.6. The van der Waals surface area contributed by atoms with Gasteiger partial charge < -0.3 is 19.6 Å².